The van der Waals surface area contributed by atoms with Crippen molar-refractivity contribution in [2.75, 3.05) is 36.4 Å². The number of piperazine rings is 1. The quantitative estimate of drug-likeness (QED) is 0.568. The number of hydrogen-bond donors (Lipinski definition) is 2. The van der Waals surface area contributed by atoms with Crippen LogP contribution >= 0.6 is 23.6 Å². The molecule has 2 aromatic carbocycles. The molecule has 1 fully saturated rings. The molecule has 1 aliphatic heterocycles. The molecule has 0 unspecified atom stereocenters. The van der Waals surface area contributed by atoms with Crippen molar-refractivity contribution in [2.24, 2.45) is 0 Å². The summed E-state index contributed by atoms with van der Waals surface area (Å²) in [5.41, 5.74) is 3.55. The first-order valence-corrected chi connectivity index (χ1v) is 11.7. The van der Waals surface area contributed by atoms with Crippen molar-refractivity contribution >= 4 is 51.9 Å². The Morgan fingerprint density at radius 2 is 1.62 bits per heavy atom. The molecule has 0 saturated carbocycles. The highest BCUT2D eigenvalue weighted by Crippen LogP contribution is 2.21. The second kappa shape index (κ2) is 9.93. The first kappa shape index (κ1) is 22.0. The summed E-state index contributed by atoms with van der Waals surface area (Å²) in [5, 5.41) is 7.94. The number of carbonyl (C=O) groups excluding carboxylic acids is 2. The molecule has 0 bridgehead atoms. The lowest BCUT2D eigenvalue weighted by Gasteiger charge is -2.36. The van der Waals surface area contributed by atoms with Crippen LogP contribution in [0.15, 0.2) is 66.0 Å². The predicted octanol–water partition coefficient (Wildman–Crippen LogP) is 4.15. The minimum Gasteiger partial charge on any atom is -0.368 e. The molecule has 0 radical (unpaired) electrons. The summed E-state index contributed by atoms with van der Waals surface area (Å²) in [4.78, 5) is 29.8. The molecule has 8 heteroatoms. The fourth-order valence-corrected chi connectivity index (χ4v) is 4.42. The van der Waals surface area contributed by atoms with E-state index in [1.165, 1.54) is 11.3 Å². The number of nitrogens with zero attached hydrogens (tertiary/aromatic N) is 2. The van der Waals surface area contributed by atoms with E-state index in [4.69, 9.17) is 12.2 Å². The van der Waals surface area contributed by atoms with E-state index >= 15 is 0 Å². The van der Waals surface area contributed by atoms with Crippen molar-refractivity contribution in [1.82, 2.24) is 10.2 Å². The average molecular weight is 465 g/mol. The lowest BCUT2D eigenvalue weighted by atomic mass is 10.1. The van der Waals surface area contributed by atoms with E-state index < -0.39 is 0 Å². The minimum absolute atomic E-state index is 0.111. The third kappa shape index (κ3) is 5.33. The van der Waals surface area contributed by atoms with Crippen molar-refractivity contribution in [3.63, 3.8) is 0 Å². The highest BCUT2D eigenvalue weighted by Gasteiger charge is 2.22. The number of nitrogens with one attached hydrogen (secondary N) is 2. The van der Waals surface area contributed by atoms with Gasteiger partial charge in [-0.05, 0) is 67.0 Å². The van der Waals surface area contributed by atoms with Crippen LogP contribution in [0.1, 0.15) is 25.6 Å². The molecule has 6 nitrogen and oxygen atoms in total. The molecule has 4 rings (SSSR count). The summed E-state index contributed by atoms with van der Waals surface area (Å²) < 4.78 is 0. The summed E-state index contributed by atoms with van der Waals surface area (Å²) in [6.45, 7) is 4.95. The Kier molecular flexibility index (Phi) is 6.82. The predicted molar refractivity (Wildman–Crippen MR) is 134 cm³/mol. The molecule has 3 aromatic rings. The van der Waals surface area contributed by atoms with E-state index in [-0.39, 0.29) is 16.9 Å². The Balaban J connectivity index is 1.28. The molecule has 1 saturated heterocycles. The van der Waals surface area contributed by atoms with Gasteiger partial charge in [0.1, 0.15) is 0 Å². The third-order valence-corrected chi connectivity index (χ3v) is 6.39. The van der Waals surface area contributed by atoms with Gasteiger partial charge in [0, 0.05) is 43.1 Å². The smallest absolute Gasteiger partial charge is 0.264 e. The fraction of sp³-hybridized carbons (Fsp3) is 0.208. The Labute approximate surface area is 196 Å². The Bertz CT molecular complexity index is 1090. The van der Waals surface area contributed by atoms with Gasteiger partial charge in [-0.3, -0.25) is 14.9 Å². The minimum atomic E-state index is -0.242. The van der Waals surface area contributed by atoms with E-state index in [9.17, 15) is 9.59 Å². The first-order valence-electron chi connectivity index (χ1n) is 10.4. The average Bonchev–Trinajstić information content (AvgIpc) is 3.34. The number of thiophene rings is 1. The highest BCUT2D eigenvalue weighted by molar-refractivity contribution is 7.80. The normalized spacial score (nSPS) is 13.5. The maximum atomic E-state index is 12.5. The number of anilines is 2. The van der Waals surface area contributed by atoms with E-state index in [0.717, 1.165) is 34.9 Å². The number of thiocarbonyl (C=S) groups is 1. The van der Waals surface area contributed by atoms with Gasteiger partial charge in [-0.2, -0.15) is 0 Å². The van der Waals surface area contributed by atoms with Gasteiger partial charge >= 0.3 is 0 Å². The second-order valence-corrected chi connectivity index (χ2v) is 8.93. The second-order valence-electron chi connectivity index (χ2n) is 7.58. The van der Waals surface area contributed by atoms with E-state index in [1.54, 1.807) is 12.1 Å². The lowest BCUT2D eigenvalue weighted by molar-refractivity contribution is 0.0751. The van der Waals surface area contributed by atoms with Crippen molar-refractivity contribution < 1.29 is 9.59 Å². The van der Waals surface area contributed by atoms with Crippen LogP contribution in [0.2, 0.25) is 0 Å². The van der Waals surface area contributed by atoms with Gasteiger partial charge in [0.15, 0.2) is 5.11 Å². The summed E-state index contributed by atoms with van der Waals surface area (Å²) >= 11 is 6.76. The molecule has 2 heterocycles. The number of hydrogen-bond acceptors (Lipinski definition) is 5. The van der Waals surface area contributed by atoms with Crippen molar-refractivity contribution in [1.29, 1.82) is 0 Å². The maximum Gasteiger partial charge on any atom is 0.264 e. The summed E-state index contributed by atoms with van der Waals surface area (Å²) in [6.07, 6.45) is 0. The summed E-state index contributed by atoms with van der Waals surface area (Å²) in [5.74, 6) is -0.130. The van der Waals surface area contributed by atoms with Gasteiger partial charge in [0.2, 0.25) is 0 Å². The number of rotatable bonds is 4. The first-order chi connectivity index (χ1) is 15.5. The van der Waals surface area contributed by atoms with Gasteiger partial charge < -0.3 is 15.1 Å². The topological polar surface area (TPSA) is 64.7 Å². The van der Waals surface area contributed by atoms with Crippen LogP contribution in [0.5, 0.6) is 0 Å². The molecule has 1 aliphatic rings. The molecule has 0 aliphatic carbocycles. The standard InChI is InChI=1S/C24H24N4O2S2/c1-17-4-6-18(7-5-17)22(29)26-24(31)25-19-8-10-20(11-9-19)27-12-14-28(15-13-27)23(30)21-3-2-16-32-21/h2-11,16H,12-15H2,1H3,(H2,25,26,29,31). The van der Waals surface area contributed by atoms with Gasteiger partial charge in [0.05, 0.1) is 4.88 Å². The number of carbonyl (C=O) groups is 2. The lowest BCUT2D eigenvalue weighted by Crippen LogP contribution is -2.48. The van der Waals surface area contributed by atoms with Gasteiger partial charge in [-0.25, -0.2) is 0 Å². The van der Waals surface area contributed by atoms with E-state index in [0.29, 0.717) is 18.7 Å². The molecule has 2 amide bonds. The summed E-state index contributed by atoms with van der Waals surface area (Å²) in [6, 6.07) is 19.0. The molecular weight excluding hydrogens is 440 g/mol. The number of aryl methyl sites for hydroxylation is 1. The fourth-order valence-electron chi connectivity index (χ4n) is 3.52. The SMILES string of the molecule is Cc1ccc(C(=O)NC(=S)Nc2ccc(N3CCN(C(=O)c4cccs4)CC3)cc2)cc1. The van der Waals surface area contributed by atoms with E-state index in [1.807, 2.05) is 65.7 Å². The molecule has 32 heavy (non-hydrogen) atoms. The van der Waals surface area contributed by atoms with Gasteiger partial charge in [-0.15, -0.1) is 11.3 Å². The Morgan fingerprint density at radius 1 is 0.938 bits per heavy atom. The van der Waals surface area contributed by atoms with Crippen molar-refractivity contribution in [2.45, 2.75) is 6.92 Å². The largest absolute Gasteiger partial charge is 0.368 e. The van der Waals surface area contributed by atoms with Crippen molar-refractivity contribution in [3.05, 3.63) is 82.0 Å². The molecule has 1 aromatic heterocycles. The van der Waals surface area contributed by atoms with E-state index in [2.05, 4.69) is 15.5 Å². The molecule has 2 N–H and O–H groups in total. The van der Waals surface area contributed by atoms with Crippen LogP contribution in [0.4, 0.5) is 11.4 Å². The zero-order valence-electron chi connectivity index (χ0n) is 17.7. The van der Waals surface area contributed by atoms with Crippen LogP contribution < -0.4 is 15.5 Å². The van der Waals surface area contributed by atoms with Crippen molar-refractivity contribution in [3.8, 4) is 0 Å². The zero-order valence-corrected chi connectivity index (χ0v) is 19.3. The molecular formula is C24H24N4O2S2. The monoisotopic (exact) mass is 464 g/mol. The number of amides is 2. The molecule has 164 valence electrons. The van der Waals surface area contributed by atoms with Gasteiger partial charge in [0.25, 0.3) is 11.8 Å². The maximum absolute atomic E-state index is 12.5. The van der Waals surface area contributed by atoms with Crippen LogP contribution in [0.25, 0.3) is 0 Å². The van der Waals surface area contributed by atoms with Crippen LogP contribution in [0, 0.1) is 6.92 Å². The third-order valence-electron chi connectivity index (χ3n) is 5.33. The Morgan fingerprint density at radius 3 is 2.25 bits per heavy atom. The van der Waals surface area contributed by atoms with Crippen LogP contribution in [-0.2, 0) is 0 Å². The number of benzene rings is 2. The summed E-state index contributed by atoms with van der Waals surface area (Å²) in [7, 11) is 0. The zero-order chi connectivity index (χ0) is 22.5. The van der Waals surface area contributed by atoms with Gasteiger partial charge in [-0.1, -0.05) is 23.8 Å². The highest BCUT2D eigenvalue weighted by atomic mass is 32.1. The Hall–Kier alpha value is -3.23. The molecule has 0 atom stereocenters. The van der Waals surface area contributed by atoms with Crippen LogP contribution in [0.3, 0.4) is 0 Å². The molecule has 0 spiro atoms. The van der Waals surface area contributed by atoms with Crippen LogP contribution in [-0.4, -0.2) is 48.0 Å².